The van der Waals surface area contributed by atoms with Crippen LogP contribution in [0.15, 0.2) is 48.5 Å². The van der Waals surface area contributed by atoms with Crippen LogP contribution in [0.1, 0.15) is 22.6 Å². The summed E-state index contributed by atoms with van der Waals surface area (Å²) >= 11 is 0. The number of nitrogens with two attached hydrogens (primary N) is 1. The Morgan fingerprint density at radius 2 is 1.86 bits per heavy atom. The van der Waals surface area contributed by atoms with E-state index in [1.54, 1.807) is 6.07 Å². The fourth-order valence-corrected chi connectivity index (χ4v) is 3.15. The maximum absolute atomic E-state index is 13.4. The van der Waals surface area contributed by atoms with Crippen LogP contribution >= 0.6 is 12.4 Å². The van der Waals surface area contributed by atoms with Gasteiger partial charge in [-0.15, -0.1) is 12.4 Å². The van der Waals surface area contributed by atoms with Crippen LogP contribution in [-0.2, 0) is 6.54 Å². The lowest BCUT2D eigenvalue weighted by Crippen LogP contribution is -2.28. The molecule has 2 aromatic rings. The van der Waals surface area contributed by atoms with Crippen molar-refractivity contribution in [2.75, 3.05) is 13.1 Å². The quantitative estimate of drug-likeness (QED) is 0.938. The highest BCUT2D eigenvalue weighted by molar-refractivity contribution is 5.85. The molecule has 22 heavy (non-hydrogen) atoms. The van der Waals surface area contributed by atoms with E-state index in [2.05, 4.69) is 29.2 Å². The molecule has 1 heterocycles. The number of hydrogen-bond donors (Lipinski definition) is 1. The molecule has 2 atom stereocenters. The van der Waals surface area contributed by atoms with E-state index in [9.17, 15) is 4.39 Å². The topological polar surface area (TPSA) is 29.3 Å². The fraction of sp³-hybridized carbons (Fsp3) is 0.333. The molecule has 0 amide bonds. The highest BCUT2D eigenvalue weighted by Gasteiger charge is 2.31. The first kappa shape index (κ1) is 16.9. The summed E-state index contributed by atoms with van der Waals surface area (Å²) in [6.07, 6.45) is 0. The van der Waals surface area contributed by atoms with Crippen LogP contribution in [-0.4, -0.2) is 24.0 Å². The molecule has 0 unspecified atom stereocenters. The van der Waals surface area contributed by atoms with E-state index in [0.29, 0.717) is 5.92 Å². The summed E-state index contributed by atoms with van der Waals surface area (Å²) < 4.78 is 13.4. The summed E-state index contributed by atoms with van der Waals surface area (Å²) in [6.45, 7) is 4.58. The third-order valence-corrected chi connectivity index (χ3v) is 4.37. The van der Waals surface area contributed by atoms with E-state index < -0.39 is 0 Å². The van der Waals surface area contributed by atoms with E-state index in [-0.39, 0.29) is 24.3 Å². The van der Waals surface area contributed by atoms with E-state index in [1.807, 2.05) is 19.1 Å². The van der Waals surface area contributed by atoms with Crippen LogP contribution in [0.25, 0.3) is 0 Å². The van der Waals surface area contributed by atoms with Crippen LogP contribution in [0.3, 0.4) is 0 Å². The Labute approximate surface area is 137 Å². The number of hydrogen-bond acceptors (Lipinski definition) is 2. The number of benzene rings is 2. The van der Waals surface area contributed by atoms with E-state index in [0.717, 1.165) is 30.8 Å². The summed E-state index contributed by atoms with van der Waals surface area (Å²) in [6, 6.07) is 15.6. The summed E-state index contributed by atoms with van der Waals surface area (Å²) in [7, 11) is 0. The Morgan fingerprint density at radius 3 is 2.59 bits per heavy atom. The lowest BCUT2D eigenvalue weighted by molar-refractivity contribution is 0.322. The van der Waals surface area contributed by atoms with Gasteiger partial charge in [-0.3, -0.25) is 4.90 Å². The van der Waals surface area contributed by atoms with Crippen LogP contribution in [0, 0.1) is 12.7 Å². The SMILES string of the molecule is Cc1ccc(F)cc1CN1C[C@@H](N)[C@H](c2ccccc2)C1.Cl. The van der Waals surface area contributed by atoms with Crippen LogP contribution in [0.2, 0.25) is 0 Å². The van der Waals surface area contributed by atoms with Gasteiger partial charge in [-0.2, -0.15) is 0 Å². The minimum Gasteiger partial charge on any atom is -0.326 e. The van der Waals surface area contributed by atoms with Gasteiger partial charge in [0.05, 0.1) is 0 Å². The monoisotopic (exact) mass is 320 g/mol. The maximum Gasteiger partial charge on any atom is 0.123 e. The Hall–Kier alpha value is -1.42. The highest BCUT2D eigenvalue weighted by Crippen LogP contribution is 2.27. The molecule has 1 aliphatic heterocycles. The number of aryl methyl sites for hydroxylation is 1. The van der Waals surface area contributed by atoms with Crippen LogP contribution in [0.5, 0.6) is 0 Å². The Morgan fingerprint density at radius 1 is 1.14 bits per heavy atom. The lowest BCUT2D eigenvalue weighted by Gasteiger charge is -2.17. The molecule has 2 nitrogen and oxygen atoms in total. The van der Waals surface area contributed by atoms with E-state index in [1.165, 1.54) is 11.6 Å². The van der Waals surface area contributed by atoms with Gasteiger partial charge >= 0.3 is 0 Å². The average molecular weight is 321 g/mol. The second-order valence-corrected chi connectivity index (χ2v) is 5.95. The zero-order chi connectivity index (χ0) is 14.8. The van der Waals surface area contributed by atoms with Crippen LogP contribution < -0.4 is 5.73 Å². The average Bonchev–Trinajstić information content (AvgIpc) is 2.84. The fourth-order valence-electron chi connectivity index (χ4n) is 3.15. The standard InChI is InChI=1S/C18H21FN2.ClH/c1-13-7-8-16(19)9-15(13)10-21-11-17(18(20)12-21)14-5-3-2-4-6-14;/h2-9,17-18H,10-12,20H2,1H3;1H/t17-,18+;/m0./s1. The van der Waals surface area contributed by atoms with Gasteiger partial charge in [0.1, 0.15) is 5.82 Å². The van der Waals surface area contributed by atoms with Crippen molar-refractivity contribution in [1.82, 2.24) is 4.90 Å². The molecular formula is C18H22ClFN2. The maximum atomic E-state index is 13.4. The number of rotatable bonds is 3. The third-order valence-electron chi connectivity index (χ3n) is 4.37. The van der Waals surface area contributed by atoms with Gasteiger partial charge in [0.15, 0.2) is 0 Å². The molecule has 118 valence electrons. The number of likely N-dealkylation sites (tertiary alicyclic amines) is 1. The predicted molar refractivity (Wildman–Crippen MR) is 90.8 cm³/mol. The van der Waals surface area contributed by atoms with Gasteiger partial charge in [-0.25, -0.2) is 4.39 Å². The number of nitrogens with zero attached hydrogens (tertiary/aromatic N) is 1. The molecule has 2 N–H and O–H groups in total. The molecule has 0 spiro atoms. The molecule has 2 aromatic carbocycles. The van der Waals surface area contributed by atoms with Gasteiger partial charge in [0.2, 0.25) is 0 Å². The highest BCUT2D eigenvalue weighted by atomic mass is 35.5. The molecule has 1 fully saturated rings. The first-order valence-corrected chi connectivity index (χ1v) is 7.41. The zero-order valence-electron chi connectivity index (χ0n) is 12.7. The van der Waals surface area contributed by atoms with Gasteiger partial charge in [0, 0.05) is 31.6 Å². The minimum atomic E-state index is -0.168. The van der Waals surface area contributed by atoms with Crippen molar-refractivity contribution >= 4 is 12.4 Å². The number of halogens is 2. The van der Waals surface area contributed by atoms with Gasteiger partial charge in [-0.1, -0.05) is 36.4 Å². The largest absolute Gasteiger partial charge is 0.326 e. The van der Waals surface area contributed by atoms with Crippen molar-refractivity contribution in [1.29, 1.82) is 0 Å². The lowest BCUT2D eigenvalue weighted by atomic mass is 9.95. The Kier molecular flexibility index (Phi) is 5.57. The first-order valence-electron chi connectivity index (χ1n) is 7.41. The molecule has 1 aliphatic rings. The second-order valence-electron chi connectivity index (χ2n) is 5.95. The van der Waals surface area contributed by atoms with E-state index >= 15 is 0 Å². The summed E-state index contributed by atoms with van der Waals surface area (Å²) in [5.41, 5.74) is 9.79. The molecule has 0 radical (unpaired) electrons. The molecular weight excluding hydrogens is 299 g/mol. The molecule has 1 saturated heterocycles. The van der Waals surface area contributed by atoms with Gasteiger partial charge in [0.25, 0.3) is 0 Å². The van der Waals surface area contributed by atoms with Gasteiger partial charge in [-0.05, 0) is 35.7 Å². The molecule has 3 rings (SSSR count). The predicted octanol–water partition coefficient (Wildman–Crippen LogP) is 3.48. The molecule has 0 aliphatic carbocycles. The van der Waals surface area contributed by atoms with Crippen molar-refractivity contribution in [2.24, 2.45) is 5.73 Å². The molecule has 0 saturated carbocycles. The van der Waals surface area contributed by atoms with Gasteiger partial charge < -0.3 is 5.73 Å². The molecule has 0 bridgehead atoms. The van der Waals surface area contributed by atoms with Crippen LogP contribution in [0.4, 0.5) is 4.39 Å². The smallest absolute Gasteiger partial charge is 0.123 e. The summed E-state index contributed by atoms with van der Waals surface area (Å²) in [5, 5.41) is 0. The molecule has 0 aromatic heterocycles. The zero-order valence-corrected chi connectivity index (χ0v) is 13.5. The summed E-state index contributed by atoms with van der Waals surface area (Å²) in [5.74, 6) is 0.193. The summed E-state index contributed by atoms with van der Waals surface area (Å²) in [4.78, 5) is 2.32. The molecule has 4 heteroatoms. The van der Waals surface area contributed by atoms with Crippen molar-refractivity contribution in [3.63, 3.8) is 0 Å². The third kappa shape index (κ3) is 3.67. The second kappa shape index (κ2) is 7.23. The first-order chi connectivity index (χ1) is 10.1. The van der Waals surface area contributed by atoms with E-state index in [4.69, 9.17) is 5.73 Å². The van der Waals surface area contributed by atoms with Crippen molar-refractivity contribution < 1.29 is 4.39 Å². The normalized spacial score (nSPS) is 21.6. The van der Waals surface area contributed by atoms with Crippen molar-refractivity contribution in [3.8, 4) is 0 Å². The van der Waals surface area contributed by atoms with Crippen molar-refractivity contribution in [2.45, 2.75) is 25.4 Å². The Bertz CT molecular complexity index is 618. The minimum absolute atomic E-state index is 0. The Balaban J connectivity index is 0.00000176. The van der Waals surface area contributed by atoms with Crippen molar-refractivity contribution in [3.05, 3.63) is 71.0 Å².